The van der Waals surface area contributed by atoms with Crippen molar-refractivity contribution in [1.82, 2.24) is 9.38 Å². The summed E-state index contributed by atoms with van der Waals surface area (Å²) in [7, 11) is 0. The van der Waals surface area contributed by atoms with E-state index in [2.05, 4.69) is 72.1 Å². The summed E-state index contributed by atoms with van der Waals surface area (Å²) in [6.07, 6.45) is 2.23. The topological polar surface area (TPSA) is 17.3 Å². The van der Waals surface area contributed by atoms with Crippen molar-refractivity contribution >= 4 is 5.65 Å². The predicted molar refractivity (Wildman–Crippen MR) is 82.1 cm³/mol. The summed E-state index contributed by atoms with van der Waals surface area (Å²) in [5, 5.41) is 0. The molecular formula is C17H26N2. The monoisotopic (exact) mass is 258 g/mol. The van der Waals surface area contributed by atoms with Crippen LogP contribution in [0, 0.1) is 13.8 Å². The molecule has 0 amide bonds. The van der Waals surface area contributed by atoms with E-state index in [0.717, 1.165) is 5.65 Å². The second-order valence-corrected chi connectivity index (χ2v) is 7.68. The molecule has 0 aromatic carbocycles. The molecule has 0 unspecified atom stereocenters. The van der Waals surface area contributed by atoms with E-state index in [4.69, 9.17) is 4.98 Å². The lowest BCUT2D eigenvalue weighted by Gasteiger charge is -2.26. The largest absolute Gasteiger partial charge is 0.303 e. The molecule has 0 aliphatic rings. The molecule has 2 rings (SSSR count). The van der Waals surface area contributed by atoms with E-state index < -0.39 is 0 Å². The molecule has 0 atom stereocenters. The Morgan fingerprint density at radius 1 is 0.895 bits per heavy atom. The molecule has 0 spiro atoms. The Morgan fingerprint density at radius 2 is 1.47 bits per heavy atom. The summed E-state index contributed by atoms with van der Waals surface area (Å²) in [6, 6.07) is 2.19. The highest BCUT2D eigenvalue weighted by Crippen LogP contribution is 2.34. The van der Waals surface area contributed by atoms with Crippen molar-refractivity contribution in [1.29, 1.82) is 0 Å². The van der Waals surface area contributed by atoms with Crippen LogP contribution in [0.4, 0.5) is 0 Å². The molecule has 0 saturated carbocycles. The molecule has 0 bridgehead atoms. The lowest BCUT2D eigenvalue weighted by Crippen LogP contribution is -2.23. The van der Waals surface area contributed by atoms with Crippen LogP contribution in [0.1, 0.15) is 64.1 Å². The van der Waals surface area contributed by atoms with Crippen LogP contribution in [0.2, 0.25) is 0 Å². The summed E-state index contributed by atoms with van der Waals surface area (Å²) in [5.74, 6) is 0. The Kier molecular flexibility index (Phi) is 3.04. The van der Waals surface area contributed by atoms with Crippen LogP contribution in [0.25, 0.3) is 5.65 Å². The molecule has 2 aromatic rings. The quantitative estimate of drug-likeness (QED) is 0.678. The maximum Gasteiger partial charge on any atom is 0.137 e. The van der Waals surface area contributed by atoms with Gasteiger partial charge in [-0.3, -0.25) is 0 Å². The normalized spacial score (nSPS) is 13.3. The maximum absolute atomic E-state index is 4.92. The van der Waals surface area contributed by atoms with Gasteiger partial charge in [0.15, 0.2) is 0 Å². The molecule has 2 heterocycles. The molecule has 0 fully saturated rings. The van der Waals surface area contributed by atoms with Gasteiger partial charge in [-0.2, -0.15) is 0 Å². The van der Waals surface area contributed by atoms with Gasteiger partial charge >= 0.3 is 0 Å². The van der Waals surface area contributed by atoms with E-state index in [-0.39, 0.29) is 10.8 Å². The van der Waals surface area contributed by atoms with Crippen LogP contribution < -0.4 is 0 Å². The SMILES string of the molecule is Cc1cc2nc(C(C)(C)C)c(C(C)(C)C)n2cc1C. The standard InChI is InChI=1S/C17H26N2/c1-11-9-13-18-14(16(3,4)5)15(17(6,7)8)19(13)10-12(11)2/h9-10H,1-8H3. The fourth-order valence-electron chi connectivity index (χ4n) is 2.52. The highest BCUT2D eigenvalue weighted by molar-refractivity contribution is 5.50. The van der Waals surface area contributed by atoms with E-state index in [1.165, 1.54) is 22.5 Å². The third-order valence-electron chi connectivity index (χ3n) is 3.65. The van der Waals surface area contributed by atoms with Crippen molar-refractivity contribution in [3.05, 3.63) is 34.8 Å². The molecule has 2 aromatic heterocycles. The van der Waals surface area contributed by atoms with E-state index in [0.29, 0.717) is 0 Å². The third kappa shape index (κ3) is 2.41. The summed E-state index contributed by atoms with van der Waals surface area (Å²) in [5.41, 5.74) is 6.38. The van der Waals surface area contributed by atoms with Crippen molar-refractivity contribution in [2.45, 2.75) is 66.2 Å². The Hall–Kier alpha value is -1.31. The molecule has 0 N–H and O–H groups in total. The number of hydrogen-bond donors (Lipinski definition) is 0. The average Bonchev–Trinajstić information content (AvgIpc) is 2.56. The minimum absolute atomic E-state index is 0.0659. The molecule has 0 aliphatic heterocycles. The van der Waals surface area contributed by atoms with E-state index in [1.54, 1.807) is 0 Å². The van der Waals surface area contributed by atoms with Gasteiger partial charge in [-0.25, -0.2) is 4.98 Å². The first-order valence-corrected chi connectivity index (χ1v) is 7.02. The first-order chi connectivity index (χ1) is 8.51. The van der Waals surface area contributed by atoms with E-state index in [1.807, 2.05) is 0 Å². The van der Waals surface area contributed by atoms with Crippen molar-refractivity contribution in [2.24, 2.45) is 0 Å². The highest BCUT2D eigenvalue weighted by Gasteiger charge is 2.30. The number of fused-ring (bicyclic) bond motifs is 1. The third-order valence-corrected chi connectivity index (χ3v) is 3.65. The molecule has 2 nitrogen and oxygen atoms in total. The first-order valence-electron chi connectivity index (χ1n) is 7.02. The lowest BCUT2D eigenvalue weighted by molar-refractivity contribution is 0.506. The van der Waals surface area contributed by atoms with Crippen LogP contribution in [-0.2, 0) is 10.8 Å². The summed E-state index contributed by atoms with van der Waals surface area (Å²) >= 11 is 0. The number of pyridine rings is 1. The Morgan fingerprint density at radius 3 is 1.95 bits per heavy atom. The molecule has 0 saturated heterocycles. The van der Waals surface area contributed by atoms with Gasteiger partial charge in [-0.1, -0.05) is 41.5 Å². The lowest BCUT2D eigenvalue weighted by atomic mass is 9.82. The Bertz CT molecular complexity index is 619. The average molecular weight is 258 g/mol. The summed E-state index contributed by atoms with van der Waals surface area (Å²) < 4.78 is 2.28. The smallest absolute Gasteiger partial charge is 0.137 e. The molecule has 0 radical (unpaired) electrons. The minimum Gasteiger partial charge on any atom is -0.303 e. The van der Waals surface area contributed by atoms with Crippen molar-refractivity contribution < 1.29 is 0 Å². The predicted octanol–water partition coefficient (Wildman–Crippen LogP) is 4.55. The van der Waals surface area contributed by atoms with Gasteiger partial charge in [-0.15, -0.1) is 0 Å². The van der Waals surface area contributed by atoms with Gasteiger partial charge in [0, 0.05) is 17.0 Å². The molecule has 19 heavy (non-hydrogen) atoms. The Labute approximate surface area is 116 Å². The Balaban J connectivity index is 2.90. The van der Waals surface area contributed by atoms with E-state index in [9.17, 15) is 0 Å². The van der Waals surface area contributed by atoms with Gasteiger partial charge in [-0.05, 0) is 31.0 Å². The van der Waals surface area contributed by atoms with Gasteiger partial charge in [0.1, 0.15) is 5.65 Å². The van der Waals surface area contributed by atoms with Crippen LogP contribution >= 0.6 is 0 Å². The van der Waals surface area contributed by atoms with Crippen LogP contribution in [0.15, 0.2) is 12.3 Å². The van der Waals surface area contributed by atoms with Gasteiger partial charge in [0.25, 0.3) is 0 Å². The number of rotatable bonds is 0. The van der Waals surface area contributed by atoms with Crippen molar-refractivity contribution in [3.8, 4) is 0 Å². The van der Waals surface area contributed by atoms with E-state index >= 15 is 0 Å². The summed E-state index contributed by atoms with van der Waals surface area (Å²) in [6.45, 7) is 17.8. The second kappa shape index (κ2) is 4.09. The number of hydrogen-bond acceptors (Lipinski definition) is 1. The fourth-order valence-corrected chi connectivity index (χ4v) is 2.52. The van der Waals surface area contributed by atoms with Crippen molar-refractivity contribution in [3.63, 3.8) is 0 Å². The first kappa shape index (κ1) is 14.1. The molecule has 104 valence electrons. The number of aromatic nitrogens is 2. The zero-order chi connectivity index (χ0) is 14.6. The highest BCUT2D eigenvalue weighted by atomic mass is 15.0. The van der Waals surface area contributed by atoms with Crippen molar-refractivity contribution in [2.75, 3.05) is 0 Å². The van der Waals surface area contributed by atoms with Gasteiger partial charge < -0.3 is 4.40 Å². The fraction of sp³-hybridized carbons (Fsp3) is 0.588. The maximum atomic E-state index is 4.92. The number of aryl methyl sites for hydroxylation is 2. The van der Waals surface area contributed by atoms with Gasteiger partial charge in [0.05, 0.1) is 11.4 Å². The number of imidazole rings is 1. The molecule has 0 aliphatic carbocycles. The minimum atomic E-state index is 0.0659. The zero-order valence-electron chi connectivity index (χ0n) is 13.5. The van der Waals surface area contributed by atoms with Crippen LogP contribution in [0.5, 0.6) is 0 Å². The number of nitrogens with zero attached hydrogens (tertiary/aromatic N) is 2. The molecule has 2 heteroatoms. The van der Waals surface area contributed by atoms with Gasteiger partial charge in [0.2, 0.25) is 0 Å². The van der Waals surface area contributed by atoms with Crippen LogP contribution in [-0.4, -0.2) is 9.38 Å². The zero-order valence-corrected chi connectivity index (χ0v) is 13.5. The van der Waals surface area contributed by atoms with Crippen LogP contribution in [0.3, 0.4) is 0 Å². The summed E-state index contributed by atoms with van der Waals surface area (Å²) in [4.78, 5) is 4.92. The second-order valence-electron chi connectivity index (χ2n) is 7.68. The molecular weight excluding hydrogens is 232 g/mol.